The number of fused-ring (bicyclic) bond motifs is 1. The molecule has 0 radical (unpaired) electrons. The molecular formula is C16H16N2OS. The zero-order valence-electron chi connectivity index (χ0n) is 11.5. The van der Waals surface area contributed by atoms with Crippen molar-refractivity contribution in [3.05, 3.63) is 52.4 Å². The van der Waals surface area contributed by atoms with Gasteiger partial charge in [-0.2, -0.15) is 0 Å². The molecule has 0 amide bonds. The number of nitrogens with zero attached hydrogens (tertiary/aromatic N) is 2. The Morgan fingerprint density at radius 1 is 1.30 bits per heavy atom. The molecule has 0 bridgehead atoms. The van der Waals surface area contributed by atoms with Gasteiger partial charge in [0, 0.05) is 17.0 Å². The third kappa shape index (κ3) is 2.06. The van der Waals surface area contributed by atoms with Crippen LogP contribution in [0, 0.1) is 0 Å². The van der Waals surface area contributed by atoms with Crippen molar-refractivity contribution in [3.63, 3.8) is 0 Å². The summed E-state index contributed by atoms with van der Waals surface area (Å²) in [6.45, 7) is 4.12. The van der Waals surface area contributed by atoms with Crippen molar-refractivity contribution in [1.29, 1.82) is 0 Å². The molecule has 20 heavy (non-hydrogen) atoms. The second-order valence-electron chi connectivity index (χ2n) is 4.91. The standard InChI is InChI=1S/C16H16N2OS/c1-3-11(2)18-10-17-15-14(16(18)19)13(9-20-15)12-7-5-4-6-8-12/h4-11H,3H2,1-2H3/t11-/m0/s1. The molecule has 0 aliphatic rings. The Labute approximate surface area is 121 Å². The number of hydrogen-bond donors (Lipinski definition) is 0. The molecule has 1 aromatic carbocycles. The van der Waals surface area contributed by atoms with Crippen molar-refractivity contribution in [1.82, 2.24) is 9.55 Å². The lowest BCUT2D eigenvalue weighted by molar-refractivity contribution is 0.511. The predicted molar refractivity (Wildman–Crippen MR) is 84.3 cm³/mol. The van der Waals surface area contributed by atoms with Gasteiger partial charge in [-0.05, 0) is 18.9 Å². The SMILES string of the molecule is CC[C@H](C)n1cnc2scc(-c3ccccc3)c2c1=O. The Bertz CT molecular complexity index is 789. The summed E-state index contributed by atoms with van der Waals surface area (Å²) in [4.78, 5) is 18.0. The number of thiophene rings is 1. The van der Waals surface area contributed by atoms with Gasteiger partial charge in [0.1, 0.15) is 4.83 Å². The maximum atomic E-state index is 12.7. The highest BCUT2D eigenvalue weighted by molar-refractivity contribution is 7.17. The quantitative estimate of drug-likeness (QED) is 0.726. The molecule has 3 rings (SSSR count). The molecule has 2 aromatic heterocycles. The van der Waals surface area contributed by atoms with Crippen LogP contribution in [0.2, 0.25) is 0 Å². The average Bonchev–Trinajstić information content (AvgIpc) is 2.92. The van der Waals surface area contributed by atoms with Crippen LogP contribution in [0.3, 0.4) is 0 Å². The fourth-order valence-corrected chi connectivity index (χ4v) is 3.19. The first-order valence-corrected chi connectivity index (χ1v) is 7.64. The molecule has 0 fully saturated rings. The van der Waals surface area contributed by atoms with Crippen LogP contribution in [0.1, 0.15) is 26.3 Å². The minimum absolute atomic E-state index is 0.0597. The topological polar surface area (TPSA) is 34.9 Å². The van der Waals surface area contributed by atoms with Crippen LogP contribution >= 0.6 is 11.3 Å². The molecule has 0 unspecified atom stereocenters. The fourth-order valence-electron chi connectivity index (χ4n) is 2.29. The van der Waals surface area contributed by atoms with Gasteiger partial charge in [-0.1, -0.05) is 37.3 Å². The van der Waals surface area contributed by atoms with E-state index in [1.165, 1.54) is 11.3 Å². The van der Waals surface area contributed by atoms with E-state index in [1.807, 2.05) is 42.6 Å². The average molecular weight is 284 g/mol. The van der Waals surface area contributed by atoms with Gasteiger partial charge in [0.2, 0.25) is 0 Å². The summed E-state index contributed by atoms with van der Waals surface area (Å²) in [7, 11) is 0. The Hall–Kier alpha value is -1.94. The molecule has 4 heteroatoms. The summed E-state index contributed by atoms with van der Waals surface area (Å²) in [6.07, 6.45) is 2.59. The largest absolute Gasteiger partial charge is 0.296 e. The van der Waals surface area contributed by atoms with Gasteiger partial charge in [-0.3, -0.25) is 9.36 Å². The first-order chi connectivity index (χ1) is 9.72. The van der Waals surface area contributed by atoms with Gasteiger partial charge in [0.25, 0.3) is 5.56 Å². The molecular weight excluding hydrogens is 268 g/mol. The first-order valence-electron chi connectivity index (χ1n) is 6.76. The third-order valence-electron chi connectivity index (χ3n) is 3.67. The number of aromatic nitrogens is 2. The highest BCUT2D eigenvalue weighted by Crippen LogP contribution is 2.30. The van der Waals surface area contributed by atoms with E-state index in [4.69, 9.17) is 0 Å². The van der Waals surface area contributed by atoms with Crippen molar-refractivity contribution in [2.24, 2.45) is 0 Å². The molecule has 1 atom stereocenters. The van der Waals surface area contributed by atoms with Crippen molar-refractivity contribution in [2.45, 2.75) is 26.3 Å². The van der Waals surface area contributed by atoms with Gasteiger partial charge in [0.15, 0.2) is 0 Å². The van der Waals surface area contributed by atoms with E-state index in [0.717, 1.165) is 27.8 Å². The van der Waals surface area contributed by atoms with Gasteiger partial charge < -0.3 is 0 Å². The Morgan fingerprint density at radius 2 is 2.05 bits per heavy atom. The molecule has 0 aliphatic heterocycles. The highest BCUT2D eigenvalue weighted by Gasteiger charge is 2.14. The lowest BCUT2D eigenvalue weighted by atomic mass is 10.1. The first kappa shape index (κ1) is 13.1. The molecule has 3 nitrogen and oxygen atoms in total. The van der Waals surface area contributed by atoms with E-state index in [1.54, 1.807) is 10.9 Å². The Kier molecular flexibility index (Phi) is 3.40. The minimum atomic E-state index is 0.0597. The number of rotatable bonds is 3. The van der Waals surface area contributed by atoms with Crippen LogP contribution in [0.4, 0.5) is 0 Å². The second kappa shape index (κ2) is 5.21. The minimum Gasteiger partial charge on any atom is -0.296 e. The summed E-state index contributed by atoms with van der Waals surface area (Å²) >= 11 is 1.53. The third-order valence-corrected chi connectivity index (χ3v) is 4.56. The van der Waals surface area contributed by atoms with E-state index >= 15 is 0 Å². The molecule has 0 saturated carbocycles. The Morgan fingerprint density at radius 3 is 2.75 bits per heavy atom. The van der Waals surface area contributed by atoms with Crippen LogP contribution in [-0.2, 0) is 0 Å². The summed E-state index contributed by atoms with van der Waals surface area (Å²) in [5.74, 6) is 0. The summed E-state index contributed by atoms with van der Waals surface area (Å²) in [5.41, 5.74) is 2.12. The van der Waals surface area contributed by atoms with E-state index < -0.39 is 0 Å². The van der Waals surface area contributed by atoms with Gasteiger partial charge in [-0.15, -0.1) is 11.3 Å². The number of benzene rings is 1. The Balaban J connectivity index is 2.28. The zero-order chi connectivity index (χ0) is 14.1. The van der Waals surface area contributed by atoms with Crippen LogP contribution in [0.25, 0.3) is 21.3 Å². The van der Waals surface area contributed by atoms with E-state index in [0.29, 0.717) is 0 Å². The van der Waals surface area contributed by atoms with E-state index in [9.17, 15) is 4.79 Å². The molecule has 0 aliphatic carbocycles. The molecule has 102 valence electrons. The molecule has 3 aromatic rings. The predicted octanol–water partition coefficient (Wildman–Crippen LogP) is 4.10. The maximum Gasteiger partial charge on any atom is 0.262 e. The smallest absolute Gasteiger partial charge is 0.262 e. The highest BCUT2D eigenvalue weighted by atomic mass is 32.1. The summed E-state index contributed by atoms with van der Waals surface area (Å²) in [5, 5.41) is 2.76. The second-order valence-corrected chi connectivity index (χ2v) is 5.77. The van der Waals surface area contributed by atoms with Crippen molar-refractivity contribution in [2.75, 3.05) is 0 Å². The summed E-state index contributed by atoms with van der Waals surface area (Å²) < 4.78 is 1.74. The summed E-state index contributed by atoms with van der Waals surface area (Å²) in [6, 6.07) is 10.2. The lowest BCUT2D eigenvalue weighted by Crippen LogP contribution is -2.23. The van der Waals surface area contributed by atoms with Gasteiger partial charge in [0.05, 0.1) is 11.7 Å². The van der Waals surface area contributed by atoms with Crippen LogP contribution < -0.4 is 5.56 Å². The lowest BCUT2D eigenvalue weighted by Gasteiger charge is -2.12. The molecule has 2 heterocycles. The van der Waals surface area contributed by atoms with Gasteiger partial charge in [-0.25, -0.2) is 4.98 Å². The molecule has 0 spiro atoms. The van der Waals surface area contributed by atoms with Gasteiger partial charge >= 0.3 is 0 Å². The van der Waals surface area contributed by atoms with E-state index in [-0.39, 0.29) is 11.6 Å². The zero-order valence-corrected chi connectivity index (χ0v) is 12.4. The van der Waals surface area contributed by atoms with Crippen molar-refractivity contribution >= 4 is 21.6 Å². The van der Waals surface area contributed by atoms with Crippen molar-refractivity contribution in [3.8, 4) is 11.1 Å². The van der Waals surface area contributed by atoms with Crippen LogP contribution in [0.15, 0.2) is 46.8 Å². The van der Waals surface area contributed by atoms with Crippen molar-refractivity contribution < 1.29 is 0 Å². The van der Waals surface area contributed by atoms with Crippen LogP contribution in [-0.4, -0.2) is 9.55 Å². The molecule has 0 saturated heterocycles. The van der Waals surface area contributed by atoms with Crippen LogP contribution in [0.5, 0.6) is 0 Å². The van der Waals surface area contributed by atoms with E-state index in [2.05, 4.69) is 11.9 Å². The fraction of sp³-hybridized carbons (Fsp3) is 0.250. The molecule has 0 N–H and O–H groups in total. The normalized spacial score (nSPS) is 12.7. The monoisotopic (exact) mass is 284 g/mol. The maximum absolute atomic E-state index is 12.7. The number of hydrogen-bond acceptors (Lipinski definition) is 3.